The van der Waals surface area contributed by atoms with Crippen LogP contribution in [0.5, 0.6) is 0 Å². The average molecular weight is 529 g/mol. The number of nitrogens with zero attached hydrogens (tertiary/aromatic N) is 1. The lowest BCUT2D eigenvalue weighted by atomic mass is 9.78. The molecule has 0 bridgehead atoms. The number of halogens is 3. The molecule has 0 spiro atoms. The molecule has 1 saturated carbocycles. The van der Waals surface area contributed by atoms with Gasteiger partial charge in [-0.25, -0.2) is 0 Å². The number of aryl methyl sites for hydroxylation is 1. The number of nitrogens with one attached hydrogen (secondary N) is 3. The van der Waals surface area contributed by atoms with Gasteiger partial charge in [0, 0.05) is 49.5 Å². The summed E-state index contributed by atoms with van der Waals surface area (Å²) in [5.74, 6) is -0.738. The molecule has 2 aromatic carbocycles. The number of anilines is 2. The number of likely N-dealkylation sites (tertiary alicyclic amines) is 1. The van der Waals surface area contributed by atoms with Crippen LogP contribution >= 0.6 is 0 Å². The Balaban J connectivity index is 1.38. The highest BCUT2D eigenvalue weighted by molar-refractivity contribution is 5.93. The molecule has 3 N–H and O–H groups in total. The van der Waals surface area contributed by atoms with Crippen molar-refractivity contribution in [3.05, 3.63) is 59.2 Å². The molecule has 9 heteroatoms. The SMILES string of the molecule is CC(=O)N1CC2CC(C(=O)Nc3ccc(C)c(C(F)(F)F)c3)C(c3ccc(NC4CCCC4)cc3)NC2C1. The fourth-order valence-electron chi connectivity index (χ4n) is 6.28. The number of hydrogen-bond donors (Lipinski definition) is 3. The summed E-state index contributed by atoms with van der Waals surface area (Å²) in [5.41, 5.74) is 1.46. The largest absolute Gasteiger partial charge is 0.416 e. The number of carbonyl (C=O) groups excluding carboxylic acids is 2. The van der Waals surface area contributed by atoms with E-state index in [-0.39, 0.29) is 41.1 Å². The summed E-state index contributed by atoms with van der Waals surface area (Å²) in [7, 11) is 0. The number of benzene rings is 2. The van der Waals surface area contributed by atoms with Gasteiger partial charge in [-0.3, -0.25) is 9.59 Å². The molecule has 6 nitrogen and oxygen atoms in total. The summed E-state index contributed by atoms with van der Waals surface area (Å²) < 4.78 is 40.4. The highest BCUT2D eigenvalue weighted by Gasteiger charge is 2.45. The first kappa shape index (κ1) is 26.5. The van der Waals surface area contributed by atoms with Gasteiger partial charge in [-0.2, -0.15) is 13.2 Å². The van der Waals surface area contributed by atoms with Gasteiger partial charge in [0.05, 0.1) is 11.5 Å². The normalized spacial score (nSPS) is 25.8. The Kier molecular flexibility index (Phi) is 7.40. The van der Waals surface area contributed by atoms with Crippen LogP contribution in [0.3, 0.4) is 0 Å². The lowest BCUT2D eigenvalue weighted by Crippen LogP contribution is -2.50. The molecule has 2 heterocycles. The van der Waals surface area contributed by atoms with Gasteiger partial charge in [0.15, 0.2) is 0 Å². The molecular formula is C29H35F3N4O2. The van der Waals surface area contributed by atoms with Gasteiger partial charge in [0.1, 0.15) is 0 Å². The van der Waals surface area contributed by atoms with Crippen molar-refractivity contribution in [3.8, 4) is 0 Å². The van der Waals surface area contributed by atoms with Crippen molar-refractivity contribution in [2.45, 2.75) is 70.3 Å². The van der Waals surface area contributed by atoms with Crippen molar-refractivity contribution in [2.75, 3.05) is 23.7 Å². The average Bonchev–Trinajstić information content (AvgIpc) is 3.54. The minimum atomic E-state index is -4.50. The number of rotatable bonds is 5. The fraction of sp³-hybridized carbons (Fsp3) is 0.517. The molecule has 5 rings (SSSR count). The summed E-state index contributed by atoms with van der Waals surface area (Å²) in [6.45, 7) is 4.10. The first-order chi connectivity index (χ1) is 18.1. The molecule has 0 aromatic heterocycles. The van der Waals surface area contributed by atoms with Crippen LogP contribution in [0.2, 0.25) is 0 Å². The Morgan fingerprint density at radius 3 is 2.34 bits per heavy atom. The second kappa shape index (κ2) is 10.6. The van der Waals surface area contributed by atoms with E-state index < -0.39 is 17.7 Å². The maximum absolute atomic E-state index is 13.6. The molecule has 4 unspecified atom stereocenters. The van der Waals surface area contributed by atoms with E-state index in [1.54, 1.807) is 11.8 Å². The van der Waals surface area contributed by atoms with Crippen LogP contribution in [0.4, 0.5) is 24.5 Å². The van der Waals surface area contributed by atoms with Crippen LogP contribution in [-0.4, -0.2) is 41.9 Å². The Morgan fingerprint density at radius 2 is 1.68 bits per heavy atom. The van der Waals surface area contributed by atoms with Gasteiger partial charge in [0.25, 0.3) is 0 Å². The smallest absolute Gasteiger partial charge is 0.382 e. The van der Waals surface area contributed by atoms with Crippen molar-refractivity contribution < 1.29 is 22.8 Å². The molecule has 0 radical (unpaired) electrons. The third kappa shape index (κ3) is 5.67. The molecule has 4 atom stereocenters. The number of piperidine rings is 1. The van der Waals surface area contributed by atoms with Crippen LogP contribution in [0, 0.1) is 18.8 Å². The predicted molar refractivity (Wildman–Crippen MR) is 141 cm³/mol. The van der Waals surface area contributed by atoms with Crippen molar-refractivity contribution in [2.24, 2.45) is 11.8 Å². The Bertz CT molecular complexity index is 1180. The Hall–Kier alpha value is -3.07. The summed E-state index contributed by atoms with van der Waals surface area (Å²) >= 11 is 0. The summed E-state index contributed by atoms with van der Waals surface area (Å²) in [4.78, 5) is 27.4. The molecule has 1 aliphatic carbocycles. The Labute approximate surface area is 221 Å². The standard InChI is InChI=1S/C29H35F3N4O2/c1-17-7-10-23(14-25(17)29(30,31)32)34-28(38)24-13-20-15-36(18(2)37)16-26(20)35-27(24)19-8-11-22(12-9-19)33-21-5-3-4-6-21/h7-12,14,20-21,24,26-27,33,35H,3-6,13,15-16H2,1-2H3,(H,34,38). The maximum Gasteiger partial charge on any atom is 0.416 e. The topological polar surface area (TPSA) is 73.5 Å². The number of alkyl halides is 3. The van der Waals surface area contributed by atoms with Crippen molar-refractivity contribution >= 4 is 23.2 Å². The van der Waals surface area contributed by atoms with Gasteiger partial charge in [0.2, 0.25) is 11.8 Å². The monoisotopic (exact) mass is 528 g/mol. The lowest BCUT2D eigenvalue weighted by molar-refractivity contribution is -0.138. The number of carbonyl (C=O) groups is 2. The third-order valence-corrected chi connectivity index (χ3v) is 8.38. The highest BCUT2D eigenvalue weighted by atomic mass is 19.4. The minimum Gasteiger partial charge on any atom is -0.382 e. The van der Waals surface area contributed by atoms with Gasteiger partial charge in [-0.15, -0.1) is 0 Å². The van der Waals surface area contributed by atoms with Gasteiger partial charge in [-0.05, 0) is 67.5 Å². The lowest BCUT2D eigenvalue weighted by Gasteiger charge is -2.38. The molecule has 38 heavy (non-hydrogen) atoms. The first-order valence-corrected chi connectivity index (χ1v) is 13.5. The molecule has 2 saturated heterocycles. The summed E-state index contributed by atoms with van der Waals surface area (Å²) in [6, 6.07) is 12.2. The van der Waals surface area contributed by atoms with E-state index in [0.717, 1.165) is 17.3 Å². The summed E-state index contributed by atoms with van der Waals surface area (Å²) in [5, 5.41) is 9.95. The maximum atomic E-state index is 13.6. The van der Waals surface area contributed by atoms with E-state index in [0.29, 0.717) is 25.6 Å². The predicted octanol–water partition coefficient (Wildman–Crippen LogP) is 5.50. The van der Waals surface area contributed by atoms with Crippen molar-refractivity contribution in [1.29, 1.82) is 0 Å². The second-order valence-electron chi connectivity index (χ2n) is 11.0. The zero-order chi connectivity index (χ0) is 27.0. The second-order valence-corrected chi connectivity index (χ2v) is 11.0. The van der Waals surface area contributed by atoms with Crippen molar-refractivity contribution in [3.63, 3.8) is 0 Å². The molecule has 2 aromatic rings. The van der Waals surface area contributed by atoms with E-state index in [4.69, 9.17) is 0 Å². The molecular weight excluding hydrogens is 493 g/mol. The van der Waals surface area contributed by atoms with Gasteiger partial charge in [-0.1, -0.05) is 31.0 Å². The van der Waals surface area contributed by atoms with Crippen LogP contribution < -0.4 is 16.0 Å². The zero-order valence-electron chi connectivity index (χ0n) is 21.8. The third-order valence-electron chi connectivity index (χ3n) is 8.38. The zero-order valence-corrected chi connectivity index (χ0v) is 21.8. The molecule has 2 amide bonds. The fourth-order valence-corrected chi connectivity index (χ4v) is 6.28. The molecule has 3 fully saturated rings. The Morgan fingerprint density at radius 1 is 1.00 bits per heavy atom. The number of hydrogen-bond acceptors (Lipinski definition) is 4. The van der Waals surface area contributed by atoms with E-state index in [2.05, 4.69) is 16.0 Å². The molecule has 204 valence electrons. The van der Waals surface area contributed by atoms with E-state index in [1.165, 1.54) is 44.7 Å². The van der Waals surface area contributed by atoms with Gasteiger partial charge < -0.3 is 20.9 Å². The number of fused-ring (bicyclic) bond motifs is 1. The van der Waals surface area contributed by atoms with Gasteiger partial charge >= 0.3 is 6.18 Å². The van der Waals surface area contributed by atoms with E-state index in [1.807, 2.05) is 24.3 Å². The highest BCUT2D eigenvalue weighted by Crippen LogP contribution is 2.39. The summed E-state index contributed by atoms with van der Waals surface area (Å²) in [6.07, 6.45) is 0.852. The molecule has 3 aliphatic rings. The van der Waals surface area contributed by atoms with Crippen LogP contribution in [0.25, 0.3) is 0 Å². The number of amides is 2. The first-order valence-electron chi connectivity index (χ1n) is 13.5. The minimum absolute atomic E-state index is 0.000395. The van der Waals surface area contributed by atoms with Crippen LogP contribution in [0.15, 0.2) is 42.5 Å². The van der Waals surface area contributed by atoms with E-state index in [9.17, 15) is 22.8 Å². The van der Waals surface area contributed by atoms with Crippen LogP contribution in [0.1, 0.15) is 61.8 Å². The quantitative estimate of drug-likeness (QED) is 0.479. The van der Waals surface area contributed by atoms with Crippen molar-refractivity contribution in [1.82, 2.24) is 10.2 Å². The van der Waals surface area contributed by atoms with E-state index >= 15 is 0 Å². The molecule has 2 aliphatic heterocycles. The van der Waals surface area contributed by atoms with Crippen LogP contribution in [-0.2, 0) is 15.8 Å².